The standard InChI is InChI=1S/C13H14N4S/c1-9-2-4-15-6-10(9)7-17-12-8-16-5-3-11(12)13(14)18/h2-6,8,17H,7H2,1H3,(H2,14,18). The second-order valence-electron chi connectivity index (χ2n) is 3.94. The predicted octanol–water partition coefficient (Wildman–Crippen LogP) is 2.03. The SMILES string of the molecule is Cc1ccncc1CNc1cnccc1C(N)=S. The summed E-state index contributed by atoms with van der Waals surface area (Å²) in [6, 6.07) is 3.79. The summed E-state index contributed by atoms with van der Waals surface area (Å²) in [6.45, 7) is 2.72. The molecule has 0 aliphatic heterocycles. The van der Waals surface area contributed by atoms with Gasteiger partial charge in [-0.3, -0.25) is 9.97 Å². The van der Waals surface area contributed by atoms with Gasteiger partial charge in [0.25, 0.3) is 0 Å². The van der Waals surface area contributed by atoms with Crippen molar-refractivity contribution in [1.82, 2.24) is 9.97 Å². The first kappa shape index (κ1) is 12.4. The molecule has 0 unspecified atom stereocenters. The highest BCUT2D eigenvalue weighted by atomic mass is 32.1. The number of hydrogen-bond acceptors (Lipinski definition) is 4. The van der Waals surface area contributed by atoms with Crippen LogP contribution in [0, 0.1) is 6.92 Å². The number of thiocarbonyl (C=S) groups is 1. The maximum atomic E-state index is 5.66. The molecule has 92 valence electrons. The molecule has 0 saturated carbocycles. The minimum Gasteiger partial charge on any atom is -0.389 e. The van der Waals surface area contributed by atoms with E-state index in [1.165, 1.54) is 5.56 Å². The van der Waals surface area contributed by atoms with E-state index in [9.17, 15) is 0 Å². The van der Waals surface area contributed by atoms with Gasteiger partial charge in [-0.1, -0.05) is 12.2 Å². The molecular formula is C13H14N4S. The zero-order chi connectivity index (χ0) is 13.0. The summed E-state index contributed by atoms with van der Waals surface area (Å²) in [4.78, 5) is 8.54. The molecule has 0 amide bonds. The zero-order valence-electron chi connectivity index (χ0n) is 10.1. The van der Waals surface area contributed by atoms with Gasteiger partial charge in [0.05, 0.1) is 11.9 Å². The van der Waals surface area contributed by atoms with E-state index < -0.39 is 0 Å². The smallest absolute Gasteiger partial charge is 0.106 e. The molecule has 18 heavy (non-hydrogen) atoms. The largest absolute Gasteiger partial charge is 0.389 e. The first-order chi connectivity index (χ1) is 8.68. The quantitative estimate of drug-likeness (QED) is 0.822. The lowest BCUT2D eigenvalue weighted by molar-refractivity contribution is 1.08. The number of aryl methyl sites for hydroxylation is 1. The van der Waals surface area contributed by atoms with Crippen LogP contribution >= 0.6 is 12.2 Å². The third-order valence-electron chi connectivity index (χ3n) is 2.70. The van der Waals surface area contributed by atoms with Gasteiger partial charge in [-0.2, -0.15) is 0 Å². The fraction of sp³-hybridized carbons (Fsp3) is 0.154. The first-order valence-electron chi connectivity index (χ1n) is 5.55. The fourth-order valence-electron chi connectivity index (χ4n) is 1.62. The van der Waals surface area contributed by atoms with Gasteiger partial charge in [0.15, 0.2) is 0 Å². The second-order valence-corrected chi connectivity index (χ2v) is 4.38. The van der Waals surface area contributed by atoms with Crippen LogP contribution in [0.5, 0.6) is 0 Å². The Morgan fingerprint density at radius 2 is 2.00 bits per heavy atom. The van der Waals surface area contributed by atoms with Crippen molar-refractivity contribution in [3.8, 4) is 0 Å². The Morgan fingerprint density at radius 3 is 2.72 bits per heavy atom. The van der Waals surface area contributed by atoms with Gasteiger partial charge >= 0.3 is 0 Å². The van der Waals surface area contributed by atoms with Crippen molar-refractivity contribution in [1.29, 1.82) is 0 Å². The molecule has 0 saturated heterocycles. The summed E-state index contributed by atoms with van der Waals surface area (Å²) < 4.78 is 0. The van der Waals surface area contributed by atoms with E-state index in [-0.39, 0.29) is 0 Å². The van der Waals surface area contributed by atoms with E-state index >= 15 is 0 Å². The molecule has 0 atom stereocenters. The van der Waals surface area contributed by atoms with Gasteiger partial charge in [0.1, 0.15) is 4.99 Å². The van der Waals surface area contributed by atoms with Gasteiger partial charge in [-0.25, -0.2) is 0 Å². The van der Waals surface area contributed by atoms with E-state index in [1.807, 2.05) is 12.3 Å². The van der Waals surface area contributed by atoms with Gasteiger partial charge in [0, 0.05) is 30.7 Å². The van der Waals surface area contributed by atoms with Crippen LogP contribution in [0.25, 0.3) is 0 Å². The van der Waals surface area contributed by atoms with Crippen molar-refractivity contribution in [3.63, 3.8) is 0 Å². The first-order valence-corrected chi connectivity index (χ1v) is 5.96. The topological polar surface area (TPSA) is 63.8 Å². The summed E-state index contributed by atoms with van der Waals surface area (Å²) in [5, 5.41) is 3.28. The van der Waals surface area contributed by atoms with E-state index in [4.69, 9.17) is 18.0 Å². The highest BCUT2D eigenvalue weighted by Gasteiger charge is 2.05. The Kier molecular flexibility index (Phi) is 3.84. The molecule has 0 bridgehead atoms. The molecule has 0 radical (unpaired) electrons. The minimum absolute atomic E-state index is 0.364. The number of nitrogens with two attached hydrogens (primary N) is 1. The molecule has 3 N–H and O–H groups in total. The van der Waals surface area contributed by atoms with Crippen molar-refractivity contribution in [2.24, 2.45) is 5.73 Å². The van der Waals surface area contributed by atoms with Crippen LogP contribution in [-0.2, 0) is 6.54 Å². The summed E-state index contributed by atoms with van der Waals surface area (Å²) in [6.07, 6.45) is 7.03. The Labute approximate surface area is 111 Å². The van der Waals surface area contributed by atoms with Crippen LogP contribution < -0.4 is 11.1 Å². The number of pyridine rings is 2. The normalized spacial score (nSPS) is 10.1. The average molecular weight is 258 g/mol. The summed E-state index contributed by atoms with van der Waals surface area (Å²) in [5.74, 6) is 0. The Bertz CT molecular complexity index is 568. The predicted molar refractivity (Wildman–Crippen MR) is 76.4 cm³/mol. The van der Waals surface area contributed by atoms with Crippen molar-refractivity contribution >= 4 is 22.9 Å². The monoisotopic (exact) mass is 258 g/mol. The highest BCUT2D eigenvalue weighted by molar-refractivity contribution is 7.80. The van der Waals surface area contributed by atoms with Crippen LogP contribution in [0.3, 0.4) is 0 Å². The minimum atomic E-state index is 0.364. The fourth-order valence-corrected chi connectivity index (χ4v) is 1.80. The van der Waals surface area contributed by atoms with E-state index in [0.717, 1.165) is 16.8 Å². The average Bonchev–Trinajstić information content (AvgIpc) is 2.38. The van der Waals surface area contributed by atoms with E-state index in [0.29, 0.717) is 11.5 Å². The van der Waals surface area contributed by atoms with Crippen LogP contribution in [0.1, 0.15) is 16.7 Å². The number of anilines is 1. The molecule has 0 aromatic carbocycles. The van der Waals surface area contributed by atoms with Crippen LogP contribution in [0.2, 0.25) is 0 Å². The Hall–Kier alpha value is -2.01. The zero-order valence-corrected chi connectivity index (χ0v) is 10.9. The summed E-state index contributed by atoms with van der Waals surface area (Å²) in [7, 11) is 0. The third-order valence-corrected chi connectivity index (χ3v) is 2.92. The van der Waals surface area contributed by atoms with Gasteiger partial charge in [-0.15, -0.1) is 0 Å². The Morgan fingerprint density at radius 1 is 1.28 bits per heavy atom. The molecule has 0 aliphatic carbocycles. The molecule has 2 heterocycles. The van der Waals surface area contributed by atoms with Gasteiger partial charge in [-0.05, 0) is 30.2 Å². The molecular weight excluding hydrogens is 244 g/mol. The maximum absolute atomic E-state index is 5.66. The molecule has 2 rings (SSSR count). The molecule has 4 nitrogen and oxygen atoms in total. The summed E-state index contributed by atoms with van der Waals surface area (Å²) >= 11 is 5.00. The molecule has 0 aliphatic rings. The van der Waals surface area contributed by atoms with E-state index in [2.05, 4.69) is 22.2 Å². The lowest BCUT2D eigenvalue weighted by atomic mass is 10.1. The lowest BCUT2D eigenvalue weighted by Crippen LogP contribution is -2.13. The molecule has 2 aromatic rings. The molecule has 2 aromatic heterocycles. The number of nitrogens with one attached hydrogen (secondary N) is 1. The highest BCUT2D eigenvalue weighted by Crippen LogP contribution is 2.15. The van der Waals surface area contributed by atoms with Crippen LogP contribution in [0.15, 0.2) is 36.9 Å². The van der Waals surface area contributed by atoms with Gasteiger partial charge < -0.3 is 11.1 Å². The number of hydrogen-bond donors (Lipinski definition) is 2. The molecule has 0 fully saturated rings. The van der Waals surface area contributed by atoms with Crippen molar-refractivity contribution in [2.75, 3.05) is 5.32 Å². The second kappa shape index (κ2) is 5.55. The lowest BCUT2D eigenvalue weighted by Gasteiger charge is -2.11. The van der Waals surface area contributed by atoms with Crippen molar-refractivity contribution in [2.45, 2.75) is 13.5 Å². The Balaban J connectivity index is 2.16. The van der Waals surface area contributed by atoms with Crippen LogP contribution in [-0.4, -0.2) is 15.0 Å². The number of aromatic nitrogens is 2. The molecule has 0 spiro atoms. The van der Waals surface area contributed by atoms with Crippen molar-refractivity contribution in [3.05, 3.63) is 53.6 Å². The van der Waals surface area contributed by atoms with E-state index in [1.54, 1.807) is 24.7 Å². The third kappa shape index (κ3) is 2.81. The van der Waals surface area contributed by atoms with Crippen LogP contribution in [0.4, 0.5) is 5.69 Å². The number of nitrogens with zero attached hydrogens (tertiary/aromatic N) is 2. The van der Waals surface area contributed by atoms with Gasteiger partial charge in [0.2, 0.25) is 0 Å². The maximum Gasteiger partial charge on any atom is 0.106 e. The number of rotatable bonds is 4. The molecule has 5 heteroatoms. The summed E-state index contributed by atoms with van der Waals surface area (Å²) in [5.41, 5.74) is 9.64. The van der Waals surface area contributed by atoms with Crippen molar-refractivity contribution < 1.29 is 0 Å².